The van der Waals surface area contributed by atoms with Gasteiger partial charge in [-0.1, -0.05) is 48.5 Å². The summed E-state index contributed by atoms with van der Waals surface area (Å²) in [6, 6.07) is 18.7. The van der Waals surface area contributed by atoms with Crippen molar-refractivity contribution in [3.63, 3.8) is 0 Å². The molecule has 4 heteroatoms. The summed E-state index contributed by atoms with van der Waals surface area (Å²) < 4.78 is 0. The van der Waals surface area contributed by atoms with Crippen molar-refractivity contribution in [3.8, 4) is 5.75 Å². The molecule has 1 aliphatic heterocycles. The summed E-state index contributed by atoms with van der Waals surface area (Å²) in [5.74, 6) is 0.278. The topological polar surface area (TPSA) is 46.9 Å². The third-order valence-corrected chi connectivity index (χ3v) is 7.06. The fourth-order valence-electron chi connectivity index (χ4n) is 5.11. The van der Waals surface area contributed by atoms with Crippen molar-refractivity contribution in [2.45, 2.75) is 45.6 Å². The summed E-state index contributed by atoms with van der Waals surface area (Å²) in [5.41, 5.74) is 7.57. The van der Waals surface area contributed by atoms with Crippen LogP contribution in [0.3, 0.4) is 0 Å². The number of aliphatic hydroxyl groups excluding tert-OH is 1. The molecule has 1 heterocycles. The number of piperazine rings is 1. The molecule has 2 aromatic carbocycles. The van der Waals surface area contributed by atoms with Crippen molar-refractivity contribution in [1.82, 2.24) is 9.80 Å². The first kappa shape index (κ1) is 24.3. The predicted octanol–water partition coefficient (Wildman–Crippen LogP) is 5.71. The highest BCUT2D eigenvalue weighted by atomic mass is 16.3. The molecule has 1 saturated heterocycles. The Labute approximate surface area is 204 Å². The highest BCUT2D eigenvalue weighted by molar-refractivity contribution is 5.98. The Balaban J connectivity index is 1.70. The zero-order chi connectivity index (χ0) is 23.9. The maximum Gasteiger partial charge on any atom is 0.115 e. The first-order chi connectivity index (χ1) is 16.6. The van der Waals surface area contributed by atoms with Gasteiger partial charge in [0.1, 0.15) is 5.75 Å². The highest BCUT2D eigenvalue weighted by Crippen LogP contribution is 2.39. The Morgan fingerprint density at radius 1 is 0.853 bits per heavy atom. The van der Waals surface area contributed by atoms with Crippen molar-refractivity contribution in [1.29, 1.82) is 0 Å². The Hall–Kier alpha value is -2.82. The molecule has 180 valence electrons. The molecule has 4 nitrogen and oxygen atoms in total. The van der Waals surface area contributed by atoms with Crippen LogP contribution in [0.2, 0.25) is 0 Å². The van der Waals surface area contributed by atoms with E-state index in [1.54, 1.807) is 12.1 Å². The molecule has 0 amide bonds. The molecule has 0 atom stereocenters. The molecule has 0 bridgehead atoms. The van der Waals surface area contributed by atoms with Crippen molar-refractivity contribution >= 4 is 11.1 Å². The number of phenols is 1. The Morgan fingerprint density at radius 3 is 2.15 bits per heavy atom. The first-order valence-electron chi connectivity index (χ1n) is 12.6. The lowest BCUT2D eigenvalue weighted by Gasteiger charge is -2.40. The number of nitrogens with zero attached hydrogens (tertiary/aromatic N) is 2. The van der Waals surface area contributed by atoms with Gasteiger partial charge in [0.2, 0.25) is 0 Å². The quantitative estimate of drug-likeness (QED) is 0.498. The van der Waals surface area contributed by atoms with Crippen LogP contribution in [0.4, 0.5) is 0 Å². The van der Waals surface area contributed by atoms with Gasteiger partial charge in [-0.3, -0.25) is 4.90 Å². The van der Waals surface area contributed by atoms with Gasteiger partial charge < -0.3 is 15.1 Å². The fourth-order valence-corrected chi connectivity index (χ4v) is 5.11. The Morgan fingerprint density at radius 2 is 1.56 bits per heavy atom. The van der Waals surface area contributed by atoms with Crippen LogP contribution in [0, 0.1) is 0 Å². The zero-order valence-corrected chi connectivity index (χ0v) is 20.6. The van der Waals surface area contributed by atoms with E-state index in [1.807, 2.05) is 18.2 Å². The number of hydrogen-bond donors (Lipinski definition) is 2. The lowest BCUT2D eigenvalue weighted by atomic mass is 9.83. The van der Waals surface area contributed by atoms with Crippen molar-refractivity contribution in [2.24, 2.45) is 0 Å². The number of hydrogen-bond acceptors (Lipinski definition) is 4. The van der Waals surface area contributed by atoms with Gasteiger partial charge in [-0.05, 0) is 85.6 Å². The van der Waals surface area contributed by atoms with E-state index in [2.05, 4.69) is 60.1 Å². The predicted molar refractivity (Wildman–Crippen MR) is 141 cm³/mol. The number of aliphatic hydroxyl groups is 1. The van der Waals surface area contributed by atoms with Crippen LogP contribution in [0.1, 0.15) is 50.7 Å². The smallest absolute Gasteiger partial charge is 0.115 e. The van der Waals surface area contributed by atoms with Gasteiger partial charge in [-0.2, -0.15) is 0 Å². The normalized spacial score (nSPS) is 17.9. The minimum absolute atomic E-state index is 0.171. The van der Waals surface area contributed by atoms with E-state index in [1.165, 1.54) is 28.0 Å². The minimum atomic E-state index is 0.171. The van der Waals surface area contributed by atoms with E-state index in [0.717, 1.165) is 57.4 Å². The summed E-state index contributed by atoms with van der Waals surface area (Å²) >= 11 is 0. The number of rotatable bonds is 8. The minimum Gasteiger partial charge on any atom is -0.508 e. The Kier molecular flexibility index (Phi) is 8.25. The summed E-state index contributed by atoms with van der Waals surface area (Å²) in [4.78, 5) is 5.11. The summed E-state index contributed by atoms with van der Waals surface area (Å²) in [6.45, 7) is 9.18. The number of benzene rings is 2. The maximum atomic E-state index is 9.90. The molecule has 1 aliphatic carbocycles. The van der Waals surface area contributed by atoms with E-state index in [9.17, 15) is 10.2 Å². The number of allylic oxidation sites excluding steroid dienone is 6. The van der Waals surface area contributed by atoms with Gasteiger partial charge in [-0.25, -0.2) is 0 Å². The molecule has 2 aliphatic rings. The molecule has 2 aromatic rings. The van der Waals surface area contributed by atoms with Gasteiger partial charge in [0.15, 0.2) is 0 Å². The second kappa shape index (κ2) is 11.5. The van der Waals surface area contributed by atoms with Crippen LogP contribution >= 0.6 is 0 Å². The zero-order valence-electron chi connectivity index (χ0n) is 20.6. The van der Waals surface area contributed by atoms with Crippen LogP contribution in [0.15, 0.2) is 78.0 Å². The number of phenolic OH excluding ortho intramolecular Hbond substituents is 1. The van der Waals surface area contributed by atoms with E-state index in [4.69, 9.17) is 0 Å². The molecule has 0 unspecified atom stereocenters. The monoisotopic (exact) mass is 458 g/mol. The third kappa shape index (κ3) is 5.81. The standard InChI is InChI=1S/C30H38N2O2/c1-23(2)31-18-20-32(21-19-31)27-14-10-25(11-15-27)30(26-12-16-28(34)17-13-26)29(9-6-22-33)24-7-4-3-5-8-24/h3-5,7-8,10,12-14,16-17,23,33-34H,6,9,11,15,18-22H2,1-2H3/b30-29+. The molecular formula is C30H38N2O2. The molecule has 0 aromatic heterocycles. The van der Waals surface area contributed by atoms with Crippen molar-refractivity contribution in [2.75, 3.05) is 32.8 Å². The van der Waals surface area contributed by atoms with Gasteiger partial charge in [0, 0.05) is 44.5 Å². The molecular weight excluding hydrogens is 420 g/mol. The lowest BCUT2D eigenvalue weighted by molar-refractivity contribution is 0.127. The van der Waals surface area contributed by atoms with Crippen molar-refractivity contribution in [3.05, 3.63) is 89.1 Å². The summed E-state index contributed by atoms with van der Waals surface area (Å²) in [7, 11) is 0. The second-order valence-corrected chi connectivity index (χ2v) is 9.56. The van der Waals surface area contributed by atoms with E-state index >= 15 is 0 Å². The molecule has 4 rings (SSSR count). The highest BCUT2D eigenvalue weighted by Gasteiger charge is 2.23. The maximum absolute atomic E-state index is 9.90. The van der Waals surface area contributed by atoms with Gasteiger partial charge in [0.25, 0.3) is 0 Å². The van der Waals surface area contributed by atoms with Crippen LogP contribution in [0.5, 0.6) is 5.75 Å². The van der Waals surface area contributed by atoms with Crippen LogP contribution in [-0.4, -0.2) is 58.8 Å². The fraction of sp³-hybridized carbons (Fsp3) is 0.400. The first-order valence-corrected chi connectivity index (χ1v) is 12.6. The third-order valence-electron chi connectivity index (χ3n) is 7.06. The van der Waals surface area contributed by atoms with Crippen LogP contribution in [0.25, 0.3) is 11.1 Å². The van der Waals surface area contributed by atoms with E-state index in [0.29, 0.717) is 6.04 Å². The lowest BCUT2D eigenvalue weighted by Crippen LogP contribution is -2.48. The largest absolute Gasteiger partial charge is 0.508 e. The van der Waals surface area contributed by atoms with Crippen molar-refractivity contribution < 1.29 is 10.2 Å². The second-order valence-electron chi connectivity index (χ2n) is 9.56. The van der Waals surface area contributed by atoms with E-state index < -0.39 is 0 Å². The van der Waals surface area contributed by atoms with Gasteiger partial charge in [0.05, 0.1) is 0 Å². The van der Waals surface area contributed by atoms with Crippen LogP contribution < -0.4 is 0 Å². The molecule has 0 saturated carbocycles. The summed E-state index contributed by atoms with van der Waals surface area (Å²) in [5, 5.41) is 19.5. The average molecular weight is 459 g/mol. The van der Waals surface area contributed by atoms with Gasteiger partial charge >= 0.3 is 0 Å². The van der Waals surface area contributed by atoms with E-state index in [-0.39, 0.29) is 12.4 Å². The molecule has 2 N–H and O–H groups in total. The van der Waals surface area contributed by atoms with Crippen LogP contribution in [-0.2, 0) is 0 Å². The average Bonchev–Trinajstić information content (AvgIpc) is 2.88. The molecule has 0 spiro atoms. The number of aromatic hydroxyl groups is 1. The Bertz CT molecular complexity index is 1030. The molecule has 1 fully saturated rings. The summed E-state index contributed by atoms with van der Waals surface area (Å²) in [6.07, 6.45) is 8.18. The van der Waals surface area contributed by atoms with Gasteiger partial charge in [-0.15, -0.1) is 0 Å². The molecule has 34 heavy (non-hydrogen) atoms. The molecule has 0 radical (unpaired) electrons. The SMILES string of the molecule is CC(C)N1CCN(C2=CC=C(/C(=C(/CCCO)c3ccccc3)c3ccc(O)cc3)CC2)CC1.